The van der Waals surface area contributed by atoms with Crippen molar-refractivity contribution in [2.24, 2.45) is 0 Å². The molecule has 3 aromatic rings. The summed E-state index contributed by atoms with van der Waals surface area (Å²) in [5.41, 5.74) is 2.26. The Morgan fingerprint density at radius 1 is 1.12 bits per heavy atom. The fraction of sp³-hybridized carbons (Fsp3) is 0.294. The number of fused-ring (bicyclic) bond motifs is 1. The Hall–Kier alpha value is -1.69. The summed E-state index contributed by atoms with van der Waals surface area (Å²) >= 11 is 12.0. The van der Waals surface area contributed by atoms with Crippen LogP contribution in [-0.4, -0.2) is 33.4 Å². The predicted octanol–water partition coefficient (Wildman–Crippen LogP) is 4.47. The highest BCUT2D eigenvalue weighted by Gasteiger charge is 2.07. The summed E-state index contributed by atoms with van der Waals surface area (Å²) in [7, 11) is 2.05. The molecule has 0 radical (unpaired) electrons. The van der Waals surface area contributed by atoms with E-state index in [0.29, 0.717) is 15.7 Å². The fourth-order valence-corrected chi connectivity index (χ4v) is 3.22. The van der Waals surface area contributed by atoms with Gasteiger partial charge in [-0.3, -0.25) is 0 Å². The summed E-state index contributed by atoms with van der Waals surface area (Å²) in [6.45, 7) is 1.66. The average Bonchev–Trinajstić information content (AvgIpc) is 2.87. The van der Waals surface area contributed by atoms with E-state index < -0.39 is 5.95 Å². The van der Waals surface area contributed by atoms with Crippen molar-refractivity contribution in [1.82, 2.24) is 19.9 Å². The van der Waals surface area contributed by atoms with Gasteiger partial charge in [0.25, 0.3) is 0 Å². The number of halogens is 3. The molecule has 1 N–H and O–H groups in total. The molecule has 0 saturated heterocycles. The Labute approximate surface area is 149 Å². The molecule has 2 aromatic heterocycles. The quantitative estimate of drug-likeness (QED) is 0.654. The number of nitrogens with one attached hydrogen (secondary N) is 1. The molecular weight excluding hydrogens is 350 g/mol. The van der Waals surface area contributed by atoms with Crippen molar-refractivity contribution in [2.45, 2.75) is 19.4 Å². The Kier molecular flexibility index (Phi) is 5.33. The number of aromatic amines is 1. The monoisotopic (exact) mass is 366 g/mol. The lowest BCUT2D eigenvalue weighted by atomic mass is 10.2. The lowest BCUT2D eigenvalue weighted by molar-refractivity contribution is 0.321. The van der Waals surface area contributed by atoms with Crippen LogP contribution in [0.1, 0.15) is 17.8 Å². The summed E-state index contributed by atoms with van der Waals surface area (Å²) < 4.78 is 13.1. The summed E-state index contributed by atoms with van der Waals surface area (Å²) in [5, 5.41) is 1.29. The van der Waals surface area contributed by atoms with Crippen molar-refractivity contribution in [3.63, 3.8) is 0 Å². The molecule has 0 aliphatic carbocycles. The van der Waals surface area contributed by atoms with Crippen molar-refractivity contribution in [1.29, 1.82) is 0 Å². The van der Waals surface area contributed by atoms with Crippen LogP contribution in [0.3, 0.4) is 0 Å². The molecule has 126 valence electrons. The molecule has 0 aliphatic heterocycles. The van der Waals surface area contributed by atoms with Crippen molar-refractivity contribution in [3.05, 3.63) is 57.7 Å². The molecule has 1 aromatic carbocycles. The molecule has 0 saturated carbocycles. The zero-order valence-corrected chi connectivity index (χ0v) is 14.7. The van der Waals surface area contributed by atoms with Crippen molar-refractivity contribution < 1.29 is 4.39 Å². The second-order valence-corrected chi connectivity index (χ2v) is 6.68. The minimum absolute atomic E-state index is 0.423. The highest BCUT2D eigenvalue weighted by atomic mass is 35.5. The smallest absolute Gasteiger partial charge is 0.215 e. The molecule has 7 heteroatoms. The third-order valence-corrected chi connectivity index (χ3v) is 4.13. The Balaban J connectivity index is 1.53. The number of benzene rings is 1. The van der Waals surface area contributed by atoms with Gasteiger partial charge in [-0.2, -0.15) is 9.37 Å². The molecule has 2 heterocycles. The lowest BCUT2D eigenvalue weighted by Crippen LogP contribution is -2.19. The molecule has 0 spiro atoms. The molecular formula is C17H17Cl2FN4. The maximum absolute atomic E-state index is 13.1. The van der Waals surface area contributed by atoms with Gasteiger partial charge in [-0.15, -0.1) is 0 Å². The number of hydrogen-bond donors (Lipinski definition) is 1. The third-order valence-electron chi connectivity index (χ3n) is 3.69. The normalized spacial score (nSPS) is 11.5. The van der Waals surface area contributed by atoms with E-state index in [4.69, 9.17) is 23.2 Å². The van der Waals surface area contributed by atoms with Crippen molar-refractivity contribution >= 4 is 34.4 Å². The van der Waals surface area contributed by atoms with Crippen LogP contribution >= 0.6 is 23.2 Å². The highest BCUT2D eigenvalue weighted by molar-refractivity contribution is 6.34. The van der Waals surface area contributed by atoms with Crippen molar-refractivity contribution in [2.75, 3.05) is 13.6 Å². The number of aromatic nitrogens is 3. The molecule has 0 aliphatic rings. The fourth-order valence-electron chi connectivity index (χ4n) is 2.65. The van der Waals surface area contributed by atoms with Gasteiger partial charge < -0.3 is 9.88 Å². The first kappa shape index (κ1) is 17.1. The highest BCUT2D eigenvalue weighted by Crippen LogP contribution is 2.20. The maximum atomic E-state index is 13.1. The molecule has 0 amide bonds. The van der Waals surface area contributed by atoms with Crippen LogP contribution in [0.25, 0.3) is 11.2 Å². The molecule has 0 fully saturated rings. The van der Waals surface area contributed by atoms with E-state index in [1.54, 1.807) is 12.1 Å². The van der Waals surface area contributed by atoms with Gasteiger partial charge in [0.1, 0.15) is 5.82 Å². The van der Waals surface area contributed by atoms with E-state index in [-0.39, 0.29) is 0 Å². The predicted molar refractivity (Wildman–Crippen MR) is 95.0 cm³/mol. The van der Waals surface area contributed by atoms with Crippen molar-refractivity contribution in [3.8, 4) is 0 Å². The van der Waals surface area contributed by atoms with Crippen LogP contribution in [-0.2, 0) is 13.0 Å². The second-order valence-electron chi connectivity index (χ2n) is 5.81. The minimum Gasteiger partial charge on any atom is -0.341 e. The summed E-state index contributed by atoms with van der Waals surface area (Å²) in [6.07, 6.45) is 1.70. The maximum Gasteiger partial charge on any atom is 0.215 e. The number of rotatable bonds is 6. The number of pyridine rings is 1. The third kappa shape index (κ3) is 4.44. The van der Waals surface area contributed by atoms with Gasteiger partial charge in [0.05, 0.1) is 5.52 Å². The van der Waals surface area contributed by atoms with Crippen LogP contribution in [0.2, 0.25) is 10.0 Å². The molecule has 3 rings (SSSR count). The second kappa shape index (κ2) is 7.47. The zero-order chi connectivity index (χ0) is 17.1. The number of imidazole rings is 1. The standard InChI is InChI=1S/C17H17Cl2FN4/c1-24(10-11-7-12(18)9-13(19)8-11)6-2-3-16-21-14-4-5-15(20)22-17(14)23-16/h4-5,7-9H,2-3,6,10H2,1H3,(H,21,22,23). The average molecular weight is 367 g/mol. The first-order chi connectivity index (χ1) is 11.5. The van der Waals surface area contributed by atoms with Crippen LogP contribution in [0.4, 0.5) is 4.39 Å². The SMILES string of the molecule is CN(CCCc1nc2nc(F)ccc2[nH]1)Cc1cc(Cl)cc(Cl)c1. The van der Waals surface area contributed by atoms with E-state index in [9.17, 15) is 4.39 Å². The topological polar surface area (TPSA) is 44.8 Å². The first-order valence-corrected chi connectivity index (χ1v) is 8.40. The summed E-state index contributed by atoms with van der Waals surface area (Å²) in [4.78, 5) is 13.4. The molecule has 24 heavy (non-hydrogen) atoms. The first-order valence-electron chi connectivity index (χ1n) is 7.64. The van der Waals surface area contributed by atoms with Gasteiger partial charge in [-0.1, -0.05) is 23.2 Å². The van der Waals surface area contributed by atoms with Crippen LogP contribution in [0, 0.1) is 5.95 Å². The van der Waals surface area contributed by atoms with E-state index >= 15 is 0 Å². The Bertz CT molecular complexity index is 829. The van der Waals surface area contributed by atoms with Gasteiger partial charge >= 0.3 is 0 Å². The summed E-state index contributed by atoms with van der Waals surface area (Å²) in [5.74, 6) is 0.308. The van der Waals surface area contributed by atoms with Crippen LogP contribution in [0.15, 0.2) is 30.3 Å². The van der Waals surface area contributed by atoms with Crippen LogP contribution < -0.4 is 0 Å². The number of H-pyrrole nitrogens is 1. The largest absolute Gasteiger partial charge is 0.341 e. The molecule has 0 unspecified atom stereocenters. The molecule has 4 nitrogen and oxygen atoms in total. The lowest BCUT2D eigenvalue weighted by Gasteiger charge is -2.16. The molecule has 0 atom stereocenters. The minimum atomic E-state index is -0.513. The van der Waals surface area contributed by atoms with Gasteiger partial charge in [0.15, 0.2) is 5.65 Å². The Morgan fingerprint density at radius 3 is 2.62 bits per heavy atom. The number of nitrogens with zero attached hydrogens (tertiary/aromatic N) is 3. The van der Waals surface area contributed by atoms with E-state index in [1.807, 2.05) is 19.2 Å². The van der Waals surface area contributed by atoms with E-state index in [2.05, 4.69) is 19.9 Å². The van der Waals surface area contributed by atoms with Crippen LogP contribution in [0.5, 0.6) is 0 Å². The van der Waals surface area contributed by atoms with Gasteiger partial charge in [0, 0.05) is 23.0 Å². The van der Waals surface area contributed by atoms with Gasteiger partial charge in [-0.05, 0) is 55.9 Å². The van der Waals surface area contributed by atoms with Gasteiger partial charge in [-0.25, -0.2) is 4.98 Å². The zero-order valence-electron chi connectivity index (χ0n) is 13.2. The van der Waals surface area contributed by atoms with E-state index in [0.717, 1.165) is 42.8 Å². The summed E-state index contributed by atoms with van der Waals surface area (Å²) in [6, 6.07) is 8.55. The van der Waals surface area contributed by atoms with Gasteiger partial charge in [0.2, 0.25) is 5.95 Å². The number of aryl methyl sites for hydroxylation is 1. The number of hydrogen-bond acceptors (Lipinski definition) is 3. The van der Waals surface area contributed by atoms with E-state index in [1.165, 1.54) is 6.07 Å². The molecule has 0 bridgehead atoms. The Morgan fingerprint density at radius 2 is 1.88 bits per heavy atom.